The number of morpholine rings is 1. The number of amides is 1. The van der Waals surface area contributed by atoms with Crippen LogP contribution in [0.25, 0.3) is 0 Å². The van der Waals surface area contributed by atoms with Crippen LogP contribution in [0.4, 0.5) is 0 Å². The molecule has 1 saturated heterocycles. The molecule has 1 atom stereocenters. The predicted molar refractivity (Wildman–Crippen MR) is 49.3 cm³/mol. The van der Waals surface area contributed by atoms with Crippen LogP contribution < -0.4 is 0 Å². The van der Waals surface area contributed by atoms with E-state index < -0.39 is 0 Å². The lowest BCUT2D eigenvalue weighted by molar-refractivity contribution is -0.144. The minimum absolute atomic E-state index is 0.0222. The summed E-state index contributed by atoms with van der Waals surface area (Å²) in [4.78, 5) is 13.9. The van der Waals surface area contributed by atoms with Gasteiger partial charge in [-0.3, -0.25) is 4.79 Å². The fourth-order valence-corrected chi connectivity index (χ4v) is 1.78. The van der Waals surface area contributed by atoms with E-state index in [0.717, 1.165) is 19.4 Å². The van der Waals surface area contributed by atoms with Crippen LogP contribution in [0.15, 0.2) is 0 Å². The summed E-state index contributed by atoms with van der Waals surface area (Å²) in [5.74, 6) is 0.336. The van der Waals surface area contributed by atoms with E-state index in [9.17, 15) is 4.79 Å². The van der Waals surface area contributed by atoms with E-state index in [2.05, 4.69) is 13.8 Å². The second-order valence-electron chi connectivity index (χ2n) is 4.48. The molecular weight excluding hydrogens is 166 g/mol. The van der Waals surface area contributed by atoms with Gasteiger partial charge in [-0.25, -0.2) is 0 Å². The highest BCUT2D eigenvalue weighted by atomic mass is 16.5. The van der Waals surface area contributed by atoms with Gasteiger partial charge < -0.3 is 9.64 Å². The zero-order chi connectivity index (χ0) is 9.47. The van der Waals surface area contributed by atoms with E-state index in [1.807, 2.05) is 4.90 Å². The van der Waals surface area contributed by atoms with Crippen molar-refractivity contribution in [3.8, 4) is 0 Å². The minimum Gasteiger partial charge on any atom is -0.377 e. The van der Waals surface area contributed by atoms with Gasteiger partial charge in [-0.1, -0.05) is 6.92 Å². The van der Waals surface area contributed by atoms with Crippen LogP contribution >= 0.6 is 0 Å². The highest BCUT2D eigenvalue weighted by Crippen LogP contribution is 2.46. The van der Waals surface area contributed by atoms with Gasteiger partial charge >= 0.3 is 0 Å². The smallest absolute Gasteiger partial charge is 0.228 e. The molecule has 0 N–H and O–H groups in total. The third kappa shape index (κ3) is 1.57. The third-order valence-electron chi connectivity index (χ3n) is 3.14. The van der Waals surface area contributed by atoms with E-state index in [4.69, 9.17) is 4.74 Å². The summed E-state index contributed by atoms with van der Waals surface area (Å²) in [6, 6.07) is 0.263. The Morgan fingerprint density at radius 2 is 2.23 bits per heavy atom. The molecule has 1 unspecified atom stereocenters. The Bertz CT molecular complexity index is 223. The second kappa shape index (κ2) is 2.98. The molecular formula is C10H17NO2. The van der Waals surface area contributed by atoms with Gasteiger partial charge in [0.05, 0.1) is 19.3 Å². The first-order valence-electron chi connectivity index (χ1n) is 5.02. The summed E-state index contributed by atoms with van der Waals surface area (Å²) < 4.78 is 5.30. The first-order valence-corrected chi connectivity index (χ1v) is 5.02. The van der Waals surface area contributed by atoms with E-state index in [-0.39, 0.29) is 11.5 Å². The lowest BCUT2D eigenvalue weighted by Crippen LogP contribution is -2.49. The number of hydrogen-bond donors (Lipinski definition) is 0. The van der Waals surface area contributed by atoms with Crippen LogP contribution in [0.2, 0.25) is 0 Å². The van der Waals surface area contributed by atoms with Gasteiger partial charge in [-0.2, -0.15) is 0 Å². The number of rotatable bonds is 1. The van der Waals surface area contributed by atoms with Crippen molar-refractivity contribution >= 4 is 5.91 Å². The lowest BCUT2D eigenvalue weighted by Gasteiger charge is -2.35. The average molecular weight is 183 g/mol. The molecule has 2 rings (SSSR count). The van der Waals surface area contributed by atoms with Crippen molar-refractivity contribution in [3.63, 3.8) is 0 Å². The number of hydrogen-bond acceptors (Lipinski definition) is 2. The Hall–Kier alpha value is -0.570. The number of nitrogens with zero attached hydrogens (tertiary/aromatic N) is 1. The van der Waals surface area contributed by atoms with Gasteiger partial charge in [0, 0.05) is 12.0 Å². The topological polar surface area (TPSA) is 29.5 Å². The van der Waals surface area contributed by atoms with Crippen LogP contribution in [0.5, 0.6) is 0 Å². The second-order valence-corrected chi connectivity index (χ2v) is 4.48. The molecule has 0 aromatic carbocycles. The quantitative estimate of drug-likeness (QED) is 0.607. The van der Waals surface area contributed by atoms with Gasteiger partial charge in [0.1, 0.15) is 0 Å². The highest BCUT2D eigenvalue weighted by molar-refractivity contribution is 5.85. The fourth-order valence-electron chi connectivity index (χ4n) is 1.78. The Morgan fingerprint density at radius 3 is 2.77 bits per heavy atom. The minimum atomic E-state index is -0.0222. The monoisotopic (exact) mass is 183 g/mol. The van der Waals surface area contributed by atoms with Crippen molar-refractivity contribution in [1.29, 1.82) is 0 Å². The molecule has 1 saturated carbocycles. The number of carbonyl (C=O) groups is 1. The van der Waals surface area contributed by atoms with E-state index in [1.165, 1.54) is 0 Å². The zero-order valence-electron chi connectivity index (χ0n) is 8.38. The van der Waals surface area contributed by atoms with Crippen molar-refractivity contribution < 1.29 is 9.53 Å². The highest BCUT2D eigenvalue weighted by Gasteiger charge is 2.48. The molecule has 13 heavy (non-hydrogen) atoms. The Balaban J connectivity index is 2.02. The predicted octanol–water partition coefficient (Wildman–Crippen LogP) is 1.03. The Labute approximate surface area is 79.0 Å². The van der Waals surface area contributed by atoms with Crippen molar-refractivity contribution in [1.82, 2.24) is 4.90 Å². The molecule has 2 fully saturated rings. The van der Waals surface area contributed by atoms with Crippen molar-refractivity contribution in [3.05, 3.63) is 0 Å². The van der Waals surface area contributed by atoms with Crippen molar-refractivity contribution in [2.24, 2.45) is 5.41 Å². The molecule has 1 heterocycles. The maximum absolute atomic E-state index is 12.0. The van der Waals surface area contributed by atoms with Gasteiger partial charge in [-0.15, -0.1) is 0 Å². The van der Waals surface area contributed by atoms with Crippen molar-refractivity contribution in [2.45, 2.75) is 32.7 Å². The SMILES string of the molecule is CC1COCCN1C(=O)C1(C)CC1. The Kier molecular flexibility index (Phi) is 2.06. The lowest BCUT2D eigenvalue weighted by atomic mass is 10.1. The van der Waals surface area contributed by atoms with Crippen LogP contribution in [0.1, 0.15) is 26.7 Å². The normalized spacial score (nSPS) is 31.5. The van der Waals surface area contributed by atoms with E-state index in [0.29, 0.717) is 19.1 Å². The summed E-state index contributed by atoms with van der Waals surface area (Å²) in [7, 11) is 0. The fraction of sp³-hybridized carbons (Fsp3) is 0.900. The van der Waals surface area contributed by atoms with Gasteiger partial charge in [0.15, 0.2) is 0 Å². The van der Waals surface area contributed by atoms with Gasteiger partial charge in [-0.05, 0) is 19.8 Å². The summed E-state index contributed by atoms with van der Waals surface area (Å²) in [5, 5.41) is 0. The van der Waals surface area contributed by atoms with E-state index >= 15 is 0 Å². The van der Waals surface area contributed by atoms with Gasteiger partial charge in [0.25, 0.3) is 0 Å². The molecule has 1 amide bonds. The van der Waals surface area contributed by atoms with Crippen LogP contribution in [0.3, 0.4) is 0 Å². The molecule has 0 aromatic rings. The summed E-state index contributed by atoms with van der Waals surface area (Å²) in [6.45, 7) is 6.30. The summed E-state index contributed by atoms with van der Waals surface area (Å²) >= 11 is 0. The summed E-state index contributed by atoms with van der Waals surface area (Å²) in [6.07, 6.45) is 2.13. The molecule has 3 heteroatoms. The summed E-state index contributed by atoms with van der Waals surface area (Å²) in [5.41, 5.74) is -0.0222. The van der Waals surface area contributed by atoms with Crippen molar-refractivity contribution in [2.75, 3.05) is 19.8 Å². The maximum atomic E-state index is 12.0. The molecule has 0 radical (unpaired) electrons. The molecule has 0 spiro atoms. The molecule has 0 aromatic heterocycles. The molecule has 2 aliphatic rings. The molecule has 1 aliphatic carbocycles. The van der Waals surface area contributed by atoms with Crippen LogP contribution in [0, 0.1) is 5.41 Å². The van der Waals surface area contributed by atoms with Gasteiger partial charge in [0.2, 0.25) is 5.91 Å². The number of ether oxygens (including phenoxy) is 1. The average Bonchev–Trinajstić information content (AvgIpc) is 2.85. The van der Waals surface area contributed by atoms with Crippen LogP contribution in [-0.4, -0.2) is 36.6 Å². The molecule has 3 nitrogen and oxygen atoms in total. The molecule has 1 aliphatic heterocycles. The first-order chi connectivity index (χ1) is 6.13. The third-order valence-corrected chi connectivity index (χ3v) is 3.14. The maximum Gasteiger partial charge on any atom is 0.228 e. The first kappa shape index (κ1) is 9.00. The zero-order valence-corrected chi connectivity index (χ0v) is 8.38. The molecule has 74 valence electrons. The van der Waals surface area contributed by atoms with Crippen LogP contribution in [-0.2, 0) is 9.53 Å². The largest absolute Gasteiger partial charge is 0.377 e. The Morgan fingerprint density at radius 1 is 1.54 bits per heavy atom. The standard InChI is InChI=1S/C10H17NO2/c1-8-7-13-6-5-11(8)9(12)10(2)3-4-10/h8H,3-7H2,1-2H3. The number of carbonyl (C=O) groups excluding carboxylic acids is 1. The molecule has 0 bridgehead atoms. The van der Waals surface area contributed by atoms with E-state index in [1.54, 1.807) is 0 Å².